The molecular weight excluding hydrogens is 431 g/mol. The van der Waals surface area contributed by atoms with E-state index < -0.39 is 21.7 Å². The van der Waals surface area contributed by atoms with Crippen molar-refractivity contribution in [3.63, 3.8) is 0 Å². The number of hydrogen-bond donors (Lipinski definition) is 2. The van der Waals surface area contributed by atoms with Gasteiger partial charge in [0.25, 0.3) is 15.9 Å². The summed E-state index contributed by atoms with van der Waals surface area (Å²) in [5.74, 6) is -1.01. The van der Waals surface area contributed by atoms with Crippen LogP contribution in [0.4, 0.5) is 15.8 Å². The standard InChI is InChI=1S/C20H20ClFN4O3S/c1-20(2,3)26-12-16(11-23-26)24-19(27)13-4-9-17(21)18(10-13)30(28,29)25-15-7-5-14(22)6-8-15/h4-12,25H,1-3H3,(H,24,27). The maximum atomic E-state index is 13.0. The van der Waals surface area contributed by atoms with Gasteiger partial charge >= 0.3 is 0 Å². The first-order valence-electron chi connectivity index (χ1n) is 8.90. The Balaban J connectivity index is 1.84. The van der Waals surface area contributed by atoms with E-state index in [9.17, 15) is 17.6 Å². The topological polar surface area (TPSA) is 93.1 Å². The van der Waals surface area contributed by atoms with Crippen LogP contribution in [0, 0.1) is 5.82 Å². The minimum Gasteiger partial charge on any atom is -0.319 e. The molecule has 0 saturated heterocycles. The van der Waals surface area contributed by atoms with Crippen molar-refractivity contribution in [1.82, 2.24) is 9.78 Å². The van der Waals surface area contributed by atoms with Crippen LogP contribution in [-0.4, -0.2) is 24.1 Å². The number of amides is 1. The van der Waals surface area contributed by atoms with E-state index in [0.717, 1.165) is 12.1 Å². The fraction of sp³-hybridized carbons (Fsp3) is 0.200. The lowest BCUT2D eigenvalue weighted by atomic mass is 10.1. The van der Waals surface area contributed by atoms with Gasteiger partial charge in [-0.3, -0.25) is 14.2 Å². The van der Waals surface area contributed by atoms with Crippen LogP contribution in [0.5, 0.6) is 0 Å². The lowest BCUT2D eigenvalue weighted by Gasteiger charge is -2.18. The van der Waals surface area contributed by atoms with E-state index in [1.807, 2.05) is 20.8 Å². The maximum Gasteiger partial charge on any atom is 0.263 e. The number of aromatic nitrogens is 2. The lowest BCUT2D eigenvalue weighted by molar-refractivity contribution is 0.102. The second-order valence-corrected chi connectivity index (χ2v) is 9.61. The van der Waals surface area contributed by atoms with E-state index in [0.29, 0.717) is 5.69 Å². The van der Waals surface area contributed by atoms with Crippen molar-refractivity contribution in [3.8, 4) is 0 Å². The van der Waals surface area contributed by atoms with Crippen molar-refractivity contribution in [2.75, 3.05) is 10.0 Å². The molecular formula is C20H20ClFN4O3S. The maximum absolute atomic E-state index is 13.0. The van der Waals surface area contributed by atoms with Gasteiger partial charge < -0.3 is 5.32 Å². The van der Waals surface area contributed by atoms with Crippen molar-refractivity contribution < 1.29 is 17.6 Å². The molecule has 10 heteroatoms. The Kier molecular flexibility index (Phi) is 5.87. The fourth-order valence-corrected chi connectivity index (χ4v) is 4.12. The largest absolute Gasteiger partial charge is 0.319 e. The zero-order chi connectivity index (χ0) is 22.1. The molecule has 2 aromatic carbocycles. The summed E-state index contributed by atoms with van der Waals surface area (Å²) >= 11 is 6.07. The summed E-state index contributed by atoms with van der Waals surface area (Å²) in [6.45, 7) is 5.90. The highest BCUT2D eigenvalue weighted by molar-refractivity contribution is 7.92. The third kappa shape index (κ3) is 4.98. The zero-order valence-corrected chi connectivity index (χ0v) is 18.1. The predicted octanol–water partition coefficient (Wildman–Crippen LogP) is 4.48. The molecule has 0 aliphatic heterocycles. The predicted molar refractivity (Wildman–Crippen MR) is 114 cm³/mol. The van der Waals surface area contributed by atoms with Crippen molar-refractivity contribution >= 4 is 38.9 Å². The Morgan fingerprint density at radius 2 is 1.77 bits per heavy atom. The summed E-state index contributed by atoms with van der Waals surface area (Å²) < 4.78 is 42.5. The summed E-state index contributed by atoms with van der Waals surface area (Å²) in [5.41, 5.74) is 0.481. The van der Waals surface area contributed by atoms with Crippen LogP contribution in [0.1, 0.15) is 31.1 Å². The van der Waals surface area contributed by atoms with Crippen LogP contribution in [-0.2, 0) is 15.6 Å². The summed E-state index contributed by atoms with van der Waals surface area (Å²) in [6, 6.07) is 8.74. The molecule has 0 atom stereocenters. The molecule has 3 rings (SSSR count). The monoisotopic (exact) mass is 450 g/mol. The number of carbonyl (C=O) groups is 1. The van der Waals surface area contributed by atoms with E-state index in [2.05, 4.69) is 15.1 Å². The Hall–Kier alpha value is -2.91. The van der Waals surface area contributed by atoms with E-state index in [1.54, 1.807) is 10.9 Å². The number of nitrogens with zero attached hydrogens (tertiary/aromatic N) is 2. The molecule has 0 aliphatic carbocycles. The second-order valence-electron chi connectivity index (χ2n) is 7.56. The van der Waals surface area contributed by atoms with Gasteiger partial charge in [0.15, 0.2) is 0 Å². The number of nitrogens with one attached hydrogen (secondary N) is 2. The summed E-state index contributed by atoms with van der Waals surface area (Å²) in [5, 5.41) is 6.83. The molecule has 0 spiro atoms. The van der Waals surface area contributed by atoms with Gasteiger partial charge in [-0.1, -0.05) is 11.6 Å². The molecule has 2 N–H and O–H groups in total. The van der Waals surface area contributed by atoms with Crippen LogP contribution < -0.4 is 10.0 Å². The van der Waals surface area contributed by atoms with Gasteiger partial charge in [0.2, 0.25) is 0 Å². The highest BCUT2D eigenvalue weighted by atomic mass is 35.5. The molecule has 0 radical (unpaired) electrons. The molecule has 0 saturated carbocycles. The number of halogens is 2. The van der Waals surface area contributed by atoms with Crippen LogP contribution in [0.15, 0.2) is 59.8 Å². The van der Waals surface area contributed by atoms with Gasteiger partial charge in [0.1, 0.15) is 10.7 Å². The van der Waals surface area contributed by atoms with Crippen molar-refractivity contribution in [3.05, 3.63) is 71.3 Å². The van der Waals surface area contributed by atoms with Gasteiger partial charge in [-0.2, -0.15) is 5.10 Å². The van der Waals surface area contributed by atoms with E-state index in [1.165, 1.54) is 36.5 Å². The van der Waals surface area contributed by atoms with Crippen LogP contribution in [0.3, 0.4) is 0 Å². The molecule has 30 heavy (non-hydrogen) atoms. The molecule has 0 fully saturated rings. The van der Waals surface area contributed by atoms with E-state index in [4.69, 9.17) is 11.6 Å². The third-order valence-electron chi connectivity index (χ3n) is 4.11. The lowest BCUT2D eigenvalue weighted by Crippen LogP contribution is -2.22. The molecule has 0 unspecified atom stereocenters. The first-order chi connectivity index (χ1) is 14.0. The molecule has 0 aliphatic rings. The average Bonchev–Trinajstić information content (AvgIpc) is 3.12. The van der Waals surface area contributed by atoms with Crippen LogP contribution >= 0.6 is 11.6 Å². The Labute approximate surface area is 178 Å². The number of hydrogen-bond acceptors (Lipinski definition) is 4. The van der Waals surface area contributed by atoms with Gasteiger partial charge in [-0.25, -0.2) is 12.8 Å². The van der Waals surface area contributed by atoms with Gasteiger partial charge in [0.05, 0.1) is 22.4 Å². The van der Waals surface area contributed by atoms with E-state index >= 15 is 0 Å². The van der Waals surface area contributed by atoms with Crippen LogP contribution in [0.25, 0.3) is 0 Å². The Morgan fingerprint density at radius 3 is 2.37 bits per heavy atom. The fourth-order valence-electron chi connectivity index (χ4n) is 2.54. The second kappa shape index (κ2) is 8.08. The minimum absolute atomic E-state index is 0.0540. The normalized spacial score (nSPS) is 11.9. The zero-order valence-electron chi connectivity index (χ0n) is 16.5. The van der Waals surface area contributed by atoms with Crippen molar-refractivity contribution in [1.29, 1.82) is 0 Å². The number of sulfonamides is 1. The number of anilines is 2. The molecule has 1 aromatic heterocycles. The quantitative estimate of drug-likeness (QED) is 0.599. The Bertz CT molecular complexity index is 1190. The summed E-state index contributed by atoms with van der Waals surface area (Å²) in [7, 11) is -4.10. The molecule has 7 nitrogen and oxygen atoms in total. The van der Waals surface area contributed by atoms with Gasteiger partial charge in [-0.15, -0.1) is 0 Å². The van der Waals surface area contributed by atoms with E-state index in [-0.39, 0.29) is 26.7 Å². The number of benzene rings is 2. The van der Waals surface area contributed by atoms with Gasteiger partial charge in [-0.05, 0) is 63.2 Å². The molecule has 0 bridgehead atoms. The Morgan fingerprint density at radius 1 is 1.10 bits per heavy atom. The van der Waals surface area contributed by atoms with Crippen molar-refractivity contribution in [2.24, 2.45) is 0 Å². The third-order valence-corrected chi connectivity index (χ3v) is 5.97. The molecule has 158 valence electrons. The molecule has 3 aromatic rings. The van der Waals surface area contributed by atoms with Crippen LogP contribution in [0.2, 0.25) is 5.02 Å². The average molecular weight is 451 g/mol. The number of rotatable bonds is 5. The summed E-state index contributed by atoms with van der Waals surface area (Å²) in [4.78, 5) is 12.3. The first-order valence-corrected chi connectivity index (χ1v) is 10.8. The first kappa shape index (κ1) is 21.8. The SMILES string of the molecule is CC(C)(C)n1cc(NC(=O)c2ccc(Cl)c(S(=O)(=O)Nc3ccc(F)cc3)c2)cn1. The highest BCUT2D eigenvalue weighted by Crippen LogP contribution is 2.26. The minimum atomic E-state index is -4.10. The van der Waals surface area contributed by atoms with Gasteiger partial charge in [0, 0.05) is 17.4 Å². The summed E-state index contributed by atoms with van der Waals surface area (Å²) in [6.07, 6.45) is 3.19. The number of carbonyl (C=O) groups excluding carboxylic acids is 1. The molecule has 1 amide bonds. The molecule has 1 heterocycles. The highest BCUT2D eigenvalue weighted by Gasteiger charge is 2.21. The van der Waals surface area contributed by atoms with Crippen molar-refractivity contribution in [2.45, 2.75) is 31.2 Å². The smallest absolute Gasteiger partial charge is 0.263 e.